The maximum atomic E-state index is 11.9. The zero-order valence-electron chi connectivity index (χ0n) is 11.3. The van der Waals surface area contributed by atoms with Crippen molar-refractivity contribution in [1.82, 2.24) is 4.98 Å². The zero-order valence-corrected chi connectivity index (χ0v) is 11.3. The fraction of sp³-hybridized carbons (Fsp3) is 0.143. The molecule has 0 N–H and O–H groups in total. The number of carbonyl (C=O) groups excluding carboxylic acids is 1. The van der Waals surface area contributed by atoms with Crippen molar-refractivity contribution >= 4 is 17.6 Å². The molecular weight excluding hydrogens is 274 g/mol. The number of pyridine rings is 1. The maximum Gasteiger partial charge on any atom is 0.414 e. The van der Waals surface area contributed by atoms with Crippen LogP contribution in [0.25, 0.3) is 0 Å². The van der Waals surface area contributed by atoms with E-state index in [9.17, 15) is 14.9 Å². The Labute approximate surface area is 120 Å². The second-order valence-corrected chi connectivity index (χ2v) is 4.23. The number of carbonyl (C=O) groups is 1. The number of amides is 1. The molecule has 7 heteroatoms. The molecule has 1 aromatic carbocycles. The molecule has 0 saturated carbocycles. The molecule has 0 radical (unpaired) electrons. The Morgan fingerprint density at radius 2 is 2.00 bits per heavy atom. The molecule has 1 amide bonds. The third-order valence-corrected chi connectivity index (χ3v) is 2.79. The molecule has 7 nitrogen and oxygen atoms in total. The highest BCUT2D eigenvalue weighted by Crippen LogP contribution is 2.16. The first-order valence-corrected chi connectivity index (χ1v) is 6.13. The van der Waals surface area contributed by atoms with Crippen LogP contribution in [0.1, 0.15) is 5.56 Å². The van der Waals surface area contributed by atoms with Crippen molar-refractivity contribution in [2.45, 2.75) is 6.61 Å². The Morgan fingerprint density at radius 3 is 2.57 bits per heavy atom. The second kappa shape index (κ2) is 6.47. The number of aromatic nitrogens is 1. The maximum absolute atomic E-state index is 11.9. The van der Waals surface area contributed by atoms with E-state index < -0.39 is 11.0 Å². The van der Waals surface area contributed by atoms with E-state index in [-0.39, 0.29) is 12.4 Å². The zero-order chi connectivity index (χ0) is 15.2. The van der Waals surface area contributed by atoms with Gasteiger partial charge >= 0.3 is 11.9 Å². The lowest BCUT2D eigenvalue weighted by Crippen LogP contribution is -2.27. The Kier molecular flexibility index (Phi) is 4.45. The SMILES string of the molecule is CN(C(=O)OCc1ccccc1)c1ccc([N+](=O)[O-])nc1. The summed E-state index contributed by atoms with van der Waals surface area (Å²) >= 11 is 0. The monoisotopic (exact) mass is 287 g/mol. The molecule has 0 aliphatic rings. The van der Waals surface area contributed by atoms with Gasteiger partial charge in [-0.15, -0.1) is 0 Å². The Hall–Kier alpha value is -2.96. The fourth-order valence-electron chi connectivity index (χ4n) is 1.61. The number of hydrogen-bond acceptors (Lipinski definition) is 5. The molecular formula is C14H13N3O4. The molecule has 108 valence electrons. The van der Waals surface area contributed by atoms with Crippen LogP contribution in [0.5, 0.6) is 0 Å². The van der Waals surface area contributed by atoms with E-state index in [2.05, 4.69) is 4.98 Å². The van der Waals surface area contributed by atoms with Crippen LogP contribution < -0.4 is 4.90 Å². The summed E-state index contributed by atoms with van der Waals surface area (Å²) in [7, 11) is 1.51. The van der Waals surface area contributed by atoms with E-state index in [0.717, 1.165) is 5.56 Å². The summed E-state index contributed by atoms with van der Waals surface area (Å²) in [6, 6.07) is 12.0. The minimum atomic E-state index is -0.600. The third-order valence-electron chi connectivity index (χ3n) is 2.79. The quantitative estimate of drug-likeness (QED) is 0.637. The van der Waals surface area contributed by atoms with Gasteiger partial charge in [0, 0.05) is 13.1 Å². The number of nitrogens with zero attached hydrogens (tertiary/aromatic N) is 3. The lowest BCUT2D eigenvalue weighted by molar-refractivity contribution is -0.389. The smallest absolute Gasteiger partial charge is 0.414 e. The largest absolute Gasteiger partial charge is 0.444 e. The van der Waals surface area contributed by atoms with Gasteiger partial charge in [-0.1, -0.05) is 30.3 Å². The fourth-order valence-corrected chi connectivity index (χ4v) is 1.61. The molecule has 21 heavy (non-hydrogen) atoms. The Balaban J connectivity index is 1.97. The minimum Gasteiger partial charge on any atom is -0.444 e. The van der Waals surface area contributed by atoms with Gasteiger partial charge in [0.25, 0.3) is 0 Å². The van der Waals surface area contributed by atoms with Gasteiger partial charge in [0.05, 0.1) is 5.69 Å². The van der Waals surface area contributed by atoms with Gasteiger partial charge in [0.15, 0.2) is 6.20 Å². The highest BCUT2D eigenvalue weighted by molar-refractivity contribution is 5.86. The van der Waals surface area contributed by atoms with Crippen LogP contribution in [-0.2, 0) is 11.3 Å². The van der Waals surface area contributed by atoms with Crippen molar-refractivity contribution in [2.24, 2.45) is 0 Å². The molecule has 0 atom stereocenters. The summed E-state index contributed by atoms with van der Waals surface area (Å²) in [5.41, 5.74) is 1.29. The van der Waals surface area contributed by atoms with Gasteiger partial charge in [-0.25, -0.2) is 4.79 Å². The highest BCUT2D eigenvalue weighted by atomic mass is 16.6. The van der Waals surface area contributed by atoms with E-state index >= 15 is 0 Å². The van der Waals surface area contributed by atoms with E-state index in [0.29, 0.717) is 5.69 Å². The van der Waals surface area contributed by atoms with Gasteiger partial charge in [0.2, 0.25) is 0 Å². The number of hydrogen-bond donors (Lipinski definition) is 0. The average molecular weight is 287 g/mol. The number of nitro groups is 1. The topological polar surface area (TPSA) is 85.6 Å². The van der Waals surface area contributed by atoms with E-state index in [1.54, 1.807) is 0 Å². The molecule has 0 aliphatic heterocycles. The normalized spacial score (nSPS) is 9.95. The van der Waals surface area contributed by atoms with Crippen molar-refractivity contribution in [1.29, 1.82) is 0 Å². The van der Waals surface area contributed by atoms with E-state index in [4.69, 9.17) is 4.74 Å². The van der Waals surface area contributed by atoms with E-state index in [1.165, 1.54) is 30.3 Å². The van der Waals surface area contributed by atoms with Crippen LogP contribution in [0.2, 0.25) is 0 Å². The molecule has 0 bridgehead atoms. The summed E-state index contributed by atoms with van der Waals surface area (Å²) in [4.78, 5) is 26.7. The van der Waals surface area contributed by atoms with Crippen molar-refractivity contribution in [2.75, 3.05) is 11.9 Å². The Morgan fingerprint density at radius 1 is 1.29 bits per heavy atom. The summed E-state index contributed by atoms with van der Waals surface area (Å²) < 4.78 is 5.15. The first kappa shape index (κ1) is 14.4. The van der Waals surface area contributed by atoms with Crippen LogP contribution in [0.4, 0.5) is 16.3 Å². The second-order valence-electron chi connectivity index (χ2n) is 4.23. The molecule has 1 aromatic heterocycles. The molecule has 0 unspecified atom stereocenters. The van der Waals surface area contributed by atoms with Crippen LogP contribution >= 0.6 is 0 Å². The van der Waals surface area contributed by atoms with Gasteiger partial charge < -0.3 is 14.9 Å². The van der Waals surface area contributed by atoms with Gasteiger partial charge in [-0.05, 0) is 21.5 Å². The predicted octanol–water partition coefficient (Wildman–Crippen LogP) is 2.76. The molecule has 0 spiro atoms. The van der Waals surface area contributed by atoms with Gasteiger partial charge in [-0.2, -0.15) is 0 Å². The summed E-state index contributed by atoms with van der Waals surface area (Å²) in [5.74, 6) is -0.273. The molecule has 2 rings (SSSR count). The summed E-state index contributed by atoms with van der Waals surface area (Å²) in [6.45, 7) is 0.157. The summed E-state index contributed by atoms with van der Waals surface area (Å²) in [5, 5.41) is 10.5. The highest BCUT2D eigenvalue weighted by Gasteiger charge is 2.15. The predicted molar refractivity (Wildman–Crippen MR) is 75.9 cm³/mol. The third kappa shape index (κ3) is 3.75. The minimum absolute atomic E-state index is 0.157. The number of rotatable bonds is 4. The average Bonchev–Trinajstić information content (AvgIpc) is 2.53. The van der Waals surface area contributed by atoms with Gasteiger partial charge in [0.1, 0.15) is 6.61 Å². The molecule has 2 aromatic rings. The van der Waals surface area contributed by atoms with Crippen molar-refractivity contribution < 1.29 is 14.5 Å². The first-order valence-electron chi connectivity index (χ1n) is 6.13. The van der Waals surface area contributed by atoms with Crippen LogP contribution in [0, 0.1) is 10.1 Å². The van der Waals surface area contributed by atoms with E-state index in [1.807, 2.05) is 30.3 Å². The van der Waals surface area contributed by atoms with Gasteiger partial charge in [-0.3, -0.25) is 4.90 Å². The lowest BCUT2D eigenvalue weighted by atomic mass is 10.2. The van der Waals surface area contributed by atoms with Crippen molar-refractivity contribution in [3.63, 3.8) is 0 Å². The number of benzene rings is 1. The van der Waals surface area contributed by atoms with Crippen molar-refractivity contribution in [3.8, 4) is 0 Å². The van der Waals surface area contributed by atoms with Crippen molar-refractivity contribution in [3.05, 3.63) is 64.3 Å². The molecule has 0 aliphatic carbocycles. The van der Waals surface area contributed by atoms with Crippen LogP contribution in [0.3, 0.4) is 0 Å². The number of ether oxygens (including phenoxy) is 1. The Bertz CT molecular complexity index is 628. The molecule has 0 saturated heterocycles. The standard InChI is InChI=1S/C14H13N3O4/c1-16(12-7-8-13(15-9-12)17(19)20)14(18)21-10-11-5-3-2-4-6-11/h2-9H,10H2,1H3. The van der Waals surface area contributed by atoms with Crippen LogP contribution in [-0.4, -0.2) is 23.0 Å². The first-order chi connectivity index (χ1) is 10.1. The van der Waals surface area contributed by atoms with Crippen LogP contribution in [0.15, 0.2) is 48.7 Å². The summed E-state index contributed by atoms with van der Waals surface area (Å²) in [6.07, 6.45) is 0.691. The number of anilines is 1. The molecule has 1 heterocycles. The lowest BCUT2D eigenvalue weighted by Gasteiger charge is -2.15. The molecule has 0 fully saturated rings.